The molecule has 13 heteroatoms. The van der Waals surface area contributed by atoms with Crippen molar-refractivity contribution in [3.05, 3.63) is 59.8 Å². The number of nitrogens with one attached hydrogen (secondary N) is 2. The quantitative estimate of drug-likeness (QED) is 0.357. The van der Waals surface area contributed by atoms with E-state index in [0.29, 0.717) is 13.2 Å². The number of carbonyl (C=O) groups is 2. The molecule has 2 amide bonds. The van der Waals surface area contributed by atoms with E-state index in [9.17, 15) is 18.0 Å². The third kappa shape index (κ3) is 7.52. The lowest BCUT2D eigenvalue weighted by Crippen LogP contribution is -2.54. The predicted molar refractivity (Wildman–Crippen MR) is 156 cm³/mol. The Labute approximate surface area is 248 Å². The van der Waals surface area contributed by atoms with E-state index in [-0.39, 0.29) is 11.6 Å². The van der Waals surface area contributed by atoms with Crippen LogP contribution < -0.4 is 14.8 Å². The molecule has 0 saturated carbocycles. The number of urea groups is 1. The highest BCUT2D eigenvalue weighted by Gasteiger charge is 2.48. The van der Waals surface area contributed by atoms with Gasteiger partial charge in [-0.05, 0) is 48.7 Å². The summed E-state index contributed by atoms with van der Waals surface area (Å²) >= 11 is 0. The average Bonchev–Trinajstić information content (AvgIpc) is 3.57. The van der Waals surface area contributed by atoms with Crippen molar-refractivity contribution in [2.75, 3.05) is 67.1 Å². The highest BCUT2D eigenvalue weighted by Crippen LogP contribution is 2.45. The van der Waals surface area contributed by atoms with Crippen LogP contribution in [0.5, 0.6) is 11.5 Å². The normalized spacial score (nSPS) is 18.6. The minimum Gasteiger partial charge on any atom is -0.497 e. The van der Waals surface area contributed by atoms with E-state index < -0.39 is 12.1 Å². The van der Waals surface area contributed by atoms with Crippen molar-refractivity contribution in [1.29, 1.82) is 0 Å². The van der Waals surface area contributed by atoms with Crippen molar-refractivity contribution >= 4 is 22.9 Å². The van der Waals surface area contributed by atoms with Gasteiger partial charge >= 0.3 is 18.2 Å². The number of ether oxygens (including phenoxy) is 2. The second kappa shape index (κ2) is 13.6. The topological polar surface area (TPSA) is 110 Å². The molecule has 234 valence electrons. The smallest absolute Gasteiger partial charge is 0.490 e. The zero-order valence-electron chi connectivity index (χ0n) is 24.5. The molecule has 0 bridgehead atoms. The van der Waals surface area contributed by atoms with Crippen molar-refractivity contribution in [2.45, 2.75) is 24.6 Å². The number of nitrogens with zero attached hydrogens (tertiary/aromatic N) is 3. The molecular formula is C30H38F3N5O5. The first-order valence-electron chi connectivity index (χ1n) is 14.0. The Balaban J connectivity index is 0.000000541. The molecule has 2 aliphatic rings. The second-order valence-electron chi connectivity index (χ2n) is 10.8. The number of halogens is 3. The maximum Gasteiger partial charge on any atom is 0.490 e. The summed E-state index contributed by atoms with van der Waals surface area (Å²) in [4.78, 5) is 31.5. The number of fused-ring (bicyclic) bond motifs is 4. The number of carbonyl (C=O) groups excluding carboxylic acids is 1. The number of aliphatic carboxylic acids is 1. The van der Waals surface area contributed by atoms with Crippen LogP contribution >= 0.6 is 0 Å². The van der Waals surface area contributed by atoms with Gasteiger partial charge in [0.1, 0.15) is 18.1 Å². The van der Waals surface area contributed by atoms with Crippen LogP contribution in [0.2, 0.25) is 0 Å². The van der Waals surface area contributed by atoms with Gasteiger partial charge in [0.25, 0.3) is 0 Å². The van der Waals surface area contributed by atoms with Gasteiger partial charge in [-0.3, -0.25) is 9.80 Å². The van der Waals surface area contributed by atoms with E-state index in [1.807, 2.05) is 36.4 Å². The van der Waals surface area contributed by atoms with Crippen LogP contribution in [0.3, 0.4) is 0 Å². The number of carboxylic acids is 1. The molecule has 2 aliphatic heterocycles. The monoisotopic (exact) mass is 605 g/mol. The van der Waals surface area contributed by atoms with E-state index in [4.69, 9.17) is 19.4 Å². The number of H-pyrrole nitrogens is 1. The standard InChI is InChI=1S/C28H37N5O3.C2HF3O2/c1-31(2)27(34)29-13-16-33-14-11-23-24-19-22(35-3)9-10-25(24)30-26(23)28(33)12-15-32(20-28)17-18-36-21-7-5-4-6-8-21;3-2(4,5)1(6)7/h4-10,19,30H,11-18,20H2,1-3H3,(H,29,34);(H,6,7). The lowest BCUT2D eigenvalue weighted by atomic mass is 9.84. The first-order chi connectivity index (χ1) is 20.4. The molecule has 10 nitrogen and oxygen atoms in total. The SMILES string of the molecule is COc1ccc2[nH]c3c(c2c1)CCN(CCNC(=O)N(C)C)C31CCN(CCOc2ccccc2)C1.O=C(O)C(F)(F)F. The Hall–Kier alpha value is -3.97. The highest BCUT2D eigenvalue weighted by molar-refractivity contribution is 5.87. The number of aromatic nitrogens is 1. The molecule has 3 heterocycles. The summed E-state index contributed by atoms with van der Waals surface area (Å²) in [6.45, 7) is 5.89. The molecule has 1 atom stereocenters. The highest BCUT2D eigenvalue weighted by atomic mass is 19.4. The van der Waals surface area contributed by atoms with Crippen LogP contribution in [0.15, 0.2) is 48.5 Å². The van der Waals surface area contributed by atoms with Crippen LogP contribution in [0.25, 0.3) is 10.9 Å². The number of hydrogen-bond acceptors (Lipinski definition) is 6. The van der Waals surface area contributed by atoms with Crippen molar-refractivity contribution < 1.29 is 37.3 Å². The molecule has 43 heavy (non-hydrogen) atoms. The summed E-state index contributed by atoms with van der Waals surface area (Å²) in [5, 5.41) is 11.4. The van der Waals surface area contributed by atoms with Crippen molar-refractivity contribution in [3.8, 4) is 11.5 Å². The molecule has 0 radical (unpaired) electrons. The fraction of sp³-hybridized carbons (Fsp3) is 0.467. The largest absolute Gasteiger partial charge is 0.497 e. The third-order valence-corrected chi connectivity index (χ3v) is 7.87. The summed E-state index contributed by atoms with van der Waals surface area (Å²) in [6, 6.07) is 16.3. The summed E-state index contributed by atoms with van der Waals surface area (Å²) < 4.78 is 43.3. The van der Waals surface area contributed by atoms with Crippen molar-refractivity contribution in [3.63, 3.8) is 0 Å². The van der Waals surface area contributed by atoms with Gasteiger partial charge in [-0.15, -0.1) is 0 Å². The fourth-order valence-corrected chi connectivity index (χ4v) is 5.74. The number of para-hydroxylation sites is 1. The number of benzene rings is 2. The number of hydrogen-bond donors (Lipinski definition) is 3. The number of aromatic amines is 1. The van der Waals surface area contributed by atoms with Crippen LogP contribution in [-0.2, 0) is 16.8 Å². The maximum absolute atomic E-state index is 12.1. The number of likely N-dealkylation sites (tertiary alicyclic amines) is 1. The van der Waals surface area contributed by atoms with Crippen molar-refractivity contribution in [1.82, 2.24) is 25.0 Å². The van der Waals surface area contributed by atoms with E-state index in [1.54, 1.807) is 26.1 Å². The van der Waals surface area contributed by atoms with Gasteiger partial charge < -0.3 is 29.8 Å². The van der Waals surface area contributed by atoms with E-state index in [2.05, 4.69) is 32.2 Å². The third-order valence-electron chi connectivity index (χ3n) is 7.87. The number of carboxylic acid groups (broad SMARTS) is 1. The van der Waals surface area contributed by atoms with Crippen LogP contribution in [0.1, 0.15) is 17.7 Å². The lowest BCUT2D eigenvalue weighted by Gasteiger charge is -2.45. The molecule has 1 unspecified atom stereocenters. The molecule has 1 aromatic heterocycles. The van der Waals surface area contributed by atoms with Gasteiger partial charge in [0.2, 0.25) is 0 Å². The number of methoxy groups -OCH3 is 1. The van der Waals surface area contributed by atoms with Gasteiger partial charge in [0.15, 0.2) is 0 Å². The average molecular weight is 606 g/mol. The van der Waals surface area contributed by atoms with E-state index >= 15 is 0 Å². The molecule has 5 rings (SSSR count). The lowest BCUT2D eigenvalue weighted by molar-refractivity contribution is -0.192. The molecule has 3 aromatic rings. The maximum atomic E-state index is 12.1. The number of rotatable bonds is 8. The van der Waals surface area contributed by atoms with Crippen LogP contribution in [0, 0.1) is 0 Å². The van der Waals surface area contributed by atoms with E-state index in [1.165, 1.54) is 16.6 Å². The van der Waals surface area contributed by atoms with Gasteiger partial charge in [0, 0.05) is 70.0 Å². The first-order valence-corrected chi connectivity index (χ1v) is 14.0. The summed E-state index contributed by atoms with van der Waals surface area (Å²) in [7, 11) is 5.27. The minimum absolute atomic E-state index is 0.0504. The second-order valence-corrected chi connectivity index (χ2v) is 10.8. The van der Waals surface area contributed by atoms with Crippen LogP contribution in [-0.4, -0.2) is 110 Å². The Morgan fingerprint density at radius 3 is 2.47 bits per heavy atom. The number of alkyl halides is 3. The van der Waals surface area contributed by atoms with Gasteiger partial charge in [-0.25, -0.2) is 9.59 Å². The number of amides is 2. The van der Waals surface area contributed by atoms with E-state index in [0.717, 1.165) is 62.6 Å². The molecule has 3 N–H and O–H groups in total. The predicted octanol–water partition coefficient (Wildman–Crippen LogP) is 3.92. The van der Waals surface area contributed by atoms with Gasteiger partial charge in [-0.1, -0.05) is 18.2 Å². The minimum atomic E-state index is -5.08. The Morgan fingerprint density at radius 1 is 1.09 bits per heavy atom. The summed E-state index contributed by atoms with van der Waals surface area (Å²) in [6.07, 6.45) is -3.07. The zero-order chi connectivity index (χ0) is 31.2. The Kier molecular flexibility index (Phi) is 10.1. The van der Waals surface area contributed by atoms with Gasteiger partial charge in [-0.2, -0.15) is 13.2 Å². The molecule has 0 aliphatic carbocycles. The van der Waals surface area contributed by atoms with Crippen LogP contribution in [0.4, 0.5) is 18.0 Å². The van der Waals surface area contributed by atoms with Crippen molar-refractivity contribution in [2.24, 2.45) is 0 Å². The fourth-order valence-electron chi connectivity index (χ4n) is 5.74. The molecule has 1 saturated heterocycles. The zero-order valence-corrected chi connectivity index (χ0v) is 24.5. The Bertz CT molecular complexity index is 1400. The molecule has 2 aromatic carbocycles. The summed E-state index contributed by atoms with van der Waals surface area (Å²) in [5.74, 6) is -0.958. The molecule has 1 spiro atoms. The molecule has 1 fully saturated rings. The van der Waals surface area contributed by atoms with Gasteiger partial charge in [0.05, 0.1) is 12.6 Å². The molecular weight excluding hydrogens is 567 g/mol. The Morgan fingerprint density at radius 2 is 1.81 bits per heavy atom. The summed E-state index contributed by atoms with van der Waals surface area (Å²) in [5.41, 5.74) is 3.77. The first kappa shape index (κ1) is 32.0.